The van der Waals surface area contributed by atoms with E-state index in [1.165, 1.54) is 19.3 Å². The van der Waals surface area contributed by atoms with E-state index in [0.29, 0.717) is 6.42 Å². The third-order valence-corrected chi connectivity index (χ3v) is 2.70. The lowest BCUT2D eigenvalue weighted by molar-refractivity contribution is 0.370. The minimum Gasteiger partial charge on any atom is -0.324 e. The Balaban J connectivity index is -0.000000605. The van der Waals surface area contributed by atoms with Crippen molar-refractivity contribution in [3.05, 3.63) is 0 Å². The van der Waals surface area contributed by atoms with Crippen LogP contribution in [0.2, 0.25) is 0 Å². The Bertz CT molecular complexity index is 150. The van der Waals surface area contributed by atoms with Gasteiger partial charge in [-0.2, -0.15) is 0 Å². The second kappa shape index (κ2) is 11.8. The molecular formula is C8H21Cl2O3P. The molecule has 0 spiro atoms. The summed E-state index contributed by atoms with van der Waals surface area (Å²) in [5, 5.41) is 0. The second-order valence-corrected chi connectivity index (χ2v) is 4.93. The van der Waals surface area contributed by atoms with E-state index in [4.69, 9.17) is 9.79 Å². The molecule has 14 heavy (non-hydrogen) atoms. The SMILES string of the molecule is CCCCCCCCP(=O)(O)O.Cl.Cl. The molecule has 3 nitrogen and oxygen atoms in total. The van der Waals surface area contributed by atoms with Gasteiger partial charge >= 0.3 is 7.60 Å². The molecule has 0 bridgehead atoms. The highest BCUT2D eigenvalue weighted by molar-refractivity contribution is 7.51. The van der Waals surface area contributed by atoms with Crippen molar-refractivity contribution in [3.63, 3.8) is 0 Å². The fourth-order valence-corrected chi connectivity index (χ4v) is 1.73. The van der Waals surface area contributed by atoms with Gasteiger partial charge in [-0.3, -0.25) is 4.57 Å². The van der Waals surface area contributed by atoms with Crippen molar-refractivity contribution in [1.29, 1.82) is 0 Å². The van der Waals surface area contributed by atoms with Gasteiger partial charge in [-0.25, -0.2) is 0 Å². The van der Waals surface area contributed by atoms with Gasteiger partial charge in [-0.05, 0) is 6.42 Å². The van der Waals surface area contributed by atoms with E-state index in [0.717, 1.165) is 12.8 Å². The summed E-state index contributed by atoms with van der Waals surface area (Å²) in [5.74, 6) is 0. The van der Waals surface area contributed by atoms with E-state index in [-0.39, 0.29) is 31.0 Å². The maximum absolute atomic E-state index is 10.4. The summed E-state index contributed by atoms with van der Waals surface area (Å²) < 4.78 is 10.4. The molecule has 0 aromatic carbocycles. The summed E-state index contributed by atoms with van der Waals surface area (Å²) in [5.41, 5.74) is 0. The van der Waals surface area contributed by atoms with Gasteiger partial charge in [0.15, 0.2) is 0 Å². The first-order chi connectivity index (χ1) is 5.56. The lowest BCUT2D eigenvalue weighted by Gasteiger charge is -2.02. The molecule has 0 saturated heterocycles. The summed E-state index contributed by atoms with van der Waals surface area (Å²) in [6.45, 7) is 2.15. The van der Waals surface area contributed by atoms with Crippen molar-refractivity contribution in [2.45, 2.75) is 45.4 Å². The Hall–Kier alpha value is 0.730. The maximum Gasteiger partial charge on any atom is 0.325 e. The van der Waals surface area contributed by atoms with Crippen LogP contribution >= 0.6 is 32.4 Å². The van der Waals surface area contributed by atoms with Gasteiger partial charge in [-0.1, -0.05) is 39.0 Å². The van der Waals surface area contributed by atoms with Crippen LogP contribution in [0.1, 0.15) is 45.4 Å². The van der Waals surface area contributed by atoms with Crippen molar-refractivity contribution in [3.8, 4) is 0 Å². The topological polar surface area (TPSA) is 57.5 Å². The minimum absolute atomic E-state index is 0. The lowest BCUT2D eigenvalue weighted by atomic mass is 10.1. The largest absolute Gasteiger partial charge is 0.325 e. The Morgan fingerprint density at radius 2 is 1.36 bits per heavy atom. The van der Waals surface area contributed by atoms with E-state index in [1.54, 1.807) is 0 Å². The zero-order valence-corrected chi connectivity index (χ0v) is 11.0. The zero-order chi connectivity index (χ0) is 9.45. The van der Waals surface area contributed by atoms with Crippen LogP contribution in [0.4, 0.5) is 0 Å². The van der Waals surface area contributed by atoms with E-state index in [9.17, 15) is 4.57 Å². The van der Waals surface area contributed by atoms with Gasteiger partial charge in [0, 0.05) is 6.16 Å². The summed E-state index contributed by atoms with van der Waals surface area (Å²) in [6, 6.07) is 0. The molecule has 0 rings (SSSR count). The molecule has 0 aliphatic heterocycles. The van der Waals surface area contributed by atoms with Crippen molar-refractivity contribution in [1.82, 2.24) is 0 Å². The number of unbranched alkanes of at least 4 members (excludes halogenated alkanes) is 5. The van der Waals surface area contributed by atoms with Gasteiger partial charge in [0.25, 0.3) is 0 Å². The maximum atomic E-state index is 10.4. The average molecular weight is 267 g/mol. The fraction of sp³-hybridized carbons (Fsp3) is 1.00. The normalized spacial score (nSPS) is 10.2. The third kappa shape index (κ3) is 18.5. The minimum atomic E-state index is -3.72. The van der Waals surface area contributed by atoms with Crippen LogP contribution < -0.4 is 0 Å². The Kier molecular flexibility index (Phi) is 17.0. The Morgan fingerprint density at radius 1 is 0.929 bits per heavy atom. The molecule has 2 N–H and O–H groups in total. The van der Waals surface area contributed by atoms with Crippen molar-refractivity contribution in [2.75, 3.05) is 6.16 Å². The van der Waals surface area contributed by atoms with Crippen molar-refractivity contribution < 1.29 is 14.4 Å². The first-order valence-electron chi connectivity index (χ1n) is 4.61. The van der Waals surface area contributed by atoms with Gasteiger partial charge in [-0.15, -0.1) is 24.8 Å². The molecule has 0 fully saturated rings. The van der Waals surface area contributed by atoms with Crippen LogP contribution in [0.15, 0.2) is 0 Å². The van der Waals surface area contributed by atoms with Crippen LogP contribution in [-0.2, 0) is 4.57 Å². The van der Waals surface area contributed by atoms with Crippen LogP contribution in [0.25, 0.3) is 0 Å². The standard InChI is InChI=1S/C8H19O3P.2ClH/c1-2-3-4-5-6-7-8-12(9,10)11;;/h2-8H2,1H3,(H2,9,10,11);2*1H. The van der Waals surface area contributed by atoms with Crippen LogP contribution in [0.3, 0.4) is 0 Å². The van der Waals surface area contributed by atoms with Crippen molar-refractivity contribution in [2.24, 2.45) is 0 Å². The van der Waals surface area contributed by atoms with Crippen LogP contribution in [0.5, 0.6) is 0 Å². The number of hydrogen-bond acceptors (Lipinski definition) is 1. The van der Waals surface area contributed by atoms with Crippen LogP contribution in [-0.4, -0.2) is 15.9 Å². The van der Waals surface area contributed by atoms with E-state index in [1.807, 2.05) is 0 Å². The molecule has 6 heteroatoms. The second-order valence-electron chi connectivity index (χ2n) is 3.16. The summed E-state index contributed by atoms with van der Waals surface area (Å²) in [6.07, 6.45) is 6.40. The monoisotopic (exact) mass is 266 g/mol. The molecule has 0 unspecified atom stereocenters. The molecule has 0 saturated carbocycles. The molecule has 0 amide bonds. The molecule has 0 radical (unpaired) electrons. The summed E-state index contributed by atoms with van der Waals surface area (Å²) >= 11 is 0. The highest BCUT2D eigenvalue weighted by Crippen LogP contribution is 2.35. The molecule has 0 aromatic rings. The van der Waals surface area contributed by atoms with E-state index in [2.05, 4.69) is 6.92 Å². The summed E-state index contributed by atoms with van der Waals surface area (Å²) in [4.78, 5) is 17.1. The van der Waals surface area contributed by atoms with E-state index >= 15 is 0 Å². The lowest BCUT2D eigenvalue weighted by Crippen LogP contribution is -1.88. The first-order valence-corrected chi connectivity index (χ1v) is 6.40. The molecule has 0 aromatic heterocycles. The quantitative estimate of drug-likeness (QED) is 0.549. The van der Waals surface area contributed by atoms with Crippen molar-refractivity contribution >= 4 is 32.4 Å². The van der Waals surface area contributed by atoms with Gasteiger partial charge < -0.3 is 9.79 Å². The Morgan fingerprint density at radius 3 is 1.79 bits per heavy atom. The van der Waals surface area contributed by atoms with Gasteiger partial charge in [0.1, 0.15) is 0 Å². The Labute approximate surface area is 98.7 Å². The highest BCUT2D eigenvalue weighted by atomic mass is 35.5. The van der Waals surface area contributed by atoms with Gasteiger partial charge in [0.2, 0.25) is 0 Å². The number of rotatable bonds is 7. The zero-order valence-electron chi connectivity index (χ0n) is 8.52. The fourth-order valence-electron chi connectivity index (χ4n) is 1.10. The molecule has 0 atom stereocenters. The smallest absolute Gasteiger partial charge is 0.324 e. The highest BCUT2D eigenvalue weighted by Gasteiger charge is 2.10. The first kappa shape index (κ1) is 20.2. The predicted octanol–water partition coefficient (Wildman–Crippen LogP) is 3.37. The van der Waals surface area contributed by atoms with E-state index < -0.39 is 7.60 Å². The predicted molar refractivity (Wildman–Crippen MR) is 64.8 cm³/mol. The number of hydrogen-bond donors (Lipinski definition) is 2. The number of halogens is 2. The molecule has 90 valence electrons. The van der Waals surface area contributed by atoms with Crippen LogP contribution in [0, 0.1) is 0 Å². The molecule has 0 aliphatic carbocycles. The molecular weight excluding hydrogens is 246 g/mol. The molecule has 0 heterocycles. The van der Waals surface area contributed by atoms with Gasteiger partial charge in [0.05, 0.1) is 0 Å². The average Bonchev–Trinajstić information content (AvgIpc) is 1.94. The molecule has 0 aliphatic rings. The third-order valence-electron chi connectivity index (χ3n) is 1.80. The summed E-state index contributed by atoms with van der Waals surface area (Å²) in [7, 11) is -3.72.